The van der Waals surface area contributed by atoms with Crippen molar-refractivity contribution in [2.45, 2.75) is 6.42 Å². The normalized spacial score (nSPS) is 9.86. The molecular weight excluding hydrogens is 178 g/mol. The smallest absolute Gasteiger partial charge is 0.150 e. The second-order valence-corrected chi connectivity index (χ2v) is 3.04. The Balaban J connectivity index is 2.90. The van der Waals surface area contributed by atoms with Crippen molar-refractivity contribution in [2.24, 2.45) is 0 Å². The first-order valence-corrected chi connectivity index (χ1v) is 4.58. The van der Waals surface area contributed by atoms with Crippen LogP contribution in [0.2, 0.25) is 0 Å². The lowest BCUT2D eigenvalue weighted by molar-refractivity contribution is 0.112. The lowest BCUT2D eigenvalue weighted by atomic mass is 10.1. The van der Waals surface area contributed by atoms with Crippen LogP contribution in [0, 0.1) is 0 Å². The maximum atomic E-state index is 10.7. The maximum absolute atomic E-state index is 10.7. The summed E-state index contributed by atoms with van der Waals surface area (Å²) >= 11 is 0. The first-order valence-electron chi connectivity index (χ1n) is 4.58. The Kier molecular flexibility index (Phi) is 4.13. The van der Waals surface area contributed by atoms with Crippen molar-refractivity contribution in [2.75, 3.05) is 20.7 Å². The van der Waals surface area contributed by atoms with Crippen LogP contribution < -0.4 is 10.1 Å². The molecule has 1 aromatic rings. The Morgan fingerprint density at radius 3 is 2.86 bits per heavy atom. The number of rotatable bonds is 5. The number of likely N-dealkylation sites (N-methyl/N-ethyl adjacent to an activating group) is 1. The molecule has 3 nitrogen and oxygen atoms in total. The average Bonchev–Trinajstić information content (AvgIpc) is 2.25. The quantitative estimate of drug-likeness (QED) is 0.716. The molecule has 1 N–H and O–H groups in total. The highest BCUT2D eigenvalue weighted by molar-refractivity contribution is 5.77. The van der Waals surface area contributed by atoms with Gasteiger partial charge in [-0.05, 0) is 43.8 Å². The van der Waals surface area contributed by atoms with E-state index in [0.29, 0.717) is 0 Å². The van der Waals surface area contributed by atoms with Gasteiger partial charge in [0, 0.05) is 5.56 Å². The molecule has 14 heavy (non-hydrogen) atoms. The number of hydrogen-bond acceptors (Lipinski definition) is 3. The van der Waals surface area contributed by atoms with Crippen LogP contribution in [0.4, 0.5) is 0 Å². The Morgan fingerprint density at radius 1 is 1.50 bits per heavy atom. The third-order valence-electron chi connectivity index (χ3n) is 2.12. The third-order valence-corrected chi connectivity index (χ3v) is 2.12. The van der Waals surface area contributed by atoms with Crippen molar-refractivity contribution in [1.82, 2.24) is 5.32 Å². The molecule has 0 heterocycles. The Bertz CT molecular complexity index is 310. The second kappa shape index (κ2) is 5.40. The van der Waals surface area contributed by atoms with E-state index in [1.165, 1.54) is 0 Å². The van der Waals surface area contributed by atoms with Crippen molar-refractivity contribution < 1.29 is 9.53 Å². The molecule has 0 amide bonds. The molecule has 0 aromatic heterocycles. The lowest BCUT2D eigenvalue weighted by Gasteiger charge is -2.06. The molecule has 0 aliphatic carbocycles. The highest BCUT2D eigenvalue weighted by Crippen LogP contribution is 2.16. The topological polar surface area (TPSA) is 38.3 Å². The van der Waals surface area contributed by atoms with Crippen LogP contribution >= 0.6 is 0 Å². The van der Waals surface area contributed by atoms with Crippen molar-refractivity contribution in [1.29, 1.82) is 0 Å². The molecule has 0 saturated carbocycles. The van der Waals surface area contributed by atoms with E-state index in [-0.39, 0.29) is 0 Å². The molecule has 76 valence electrons. The van der Waals surface area contributed by atoms with Crippen LogP contribution in [0.25, 0.3) is 0 Å². The predicted molar refractivity (Wildman–Crippen MR) is 56.0 cm³/mol. The number of nitrogens with one attached hydrogen (secondary N) is 1. The first-order chi connectivity index (χ1) is 6.81. The summed E-state index contributed by atoms with van der Waals surface area (Å²) in [6, 6.07) is 5.49. The third kappa shape index (κ3) is 2.57. The molecule has 0 bridgehead atoms. The van der Waals surface area contributed by atoms with E-state index in [2.05, 4.69) is 5.32 Å². The number of ether oxygens (including phenoxy) is 1. The number of hydrogen-bond donors (Lipinski definition) is 1. The minimum absolute atomic E-state index is 0.737. The summed E-state index contributed by atoms with van der Waals surface area (Å²) in [5.74, 6) is 0.793. The number of carbonyl (C=O) groups excluding carboxylic acids is 1. The van der Waals surface area contributed by atoms with Gasteiger partial charge in [0.05, 0.1) is 7.11 Å². The van der Waals surface area contributed by atoms with Crippen LogP contribution in [-0.2, 0) is 6.42 Å². The van der Waals surface area contributed by atoms with E-state index >= 15 is 0 Å². The van der Waals surface area contributed by atoms with Crippen LogP contribution in [-0.4, -0.2) is 27.0 Å². The van der Waals surface area contributed by atoms with Gasteiger partial charge in [-0.3, -0.25) is 4.79 Å². The standard InChI is InChI=1S/C11H15NO2/c1-12-6-5-9-7-11(14-2)4-3-10(9)8-13/h3-4,7-8,12H,5-6H2,1-2H3. The molecule has 1 aromatic carbocycles. The number of aldehydes is 1. The lowest BCUT2D eigenvalue weighted by Crippen LogP contribution is -2.11. The van der Waals surface area contributed by atoms with Crippen LogP contribution in [0.3, 0.4) is 0 Å². The first kappa shape index (κ1) is 10.7. The summed E-state index contributed by atoms with van der Waals surface area (Å²) < 4.78 is 5.10. The molecule has 0 aliphatic rings. The summed E-state index contributed by atoms with van der Waals surface area (Å²) in [4.78, 5) is 10.7. The highest BCUT2D eigenvalue weighted by Gasteiger charge is 2.02. The van der Waals surface area contributed by atoms with E-state index in [1.807, 2.05) is 13.1 Å². The highest BCUT2D eigenvalue weighted by atomic mass is 16.5. The molecule has 0 aliphatic heterocycles. The van der Waals surface area contributed by atoms with Crippen LogP contribution in [0.5, 0.6) is 5.75 Å². The monoisotopic (exact) mass is 193 g/mol. The van der Waals surface area contributed by atoms with Gasteiger partial charge in [-0.15, -0.1) is 0 Å². The van der Waals surface area contributed by atoms with Gasteiger partial charge in [-0.1, -0.05) is 0 Å². The predicted octanol–water partition coefficient (Wildman–Crippen LogP) is 1.27. The van der Waals surface area contributed by atoms with E-state index in [9.17, 15) is 4.79 Å². The van der Waals surface area contributed by atoms with Gasteiger partial charge >= 0.3 is 0 Å². The van der Waals surface area contributed by atoms with E-state index in [1.54, 1.807) is 19.2 Å². The maximum Gasteiger partial charge on any atom is 0.150 e. The fraction of sp³-hybridized carbons (Fsp3) is 0.364. The largest absolute Gasteiger partial charge is 0.497 e. The second-order valence-electron chi connectivity index (χ2n) is 3.04. The Hall–Kier alpha value is -1.35. The van der Waals surface area contributed by atoms with Crippen LogP contribution in [0.15, 0.2) is 18.2 Å². The van der Waals surface area contributed by atoms with Gasteiger partial charge in [-0.25, -0.2) is 0 Å². The fourth-order valence-corrected chi connectivity index (χ4v) is 1.30. The molecule has 0 unspecified atom stereocenters. The average molecular weight is 193 g/mol. The number of methoxy groups -OCH3 is 1. The summed E-state index contributed by atoms with van der Waals surface area (Å²) in [5, 5.41) is 3.05. The molecule has 3 heteroatoms. The number of carbonyl (C=O) groups is 1. The minimum Gasteiger partial charge on any atom is -0.497 e. The van der Waals surface area contributed by atoms with Crippen molar-refractivity contribution in [3.05, 3.63) is 29.3 Å². The molecule has 0 radical (unpaired) electrons. The van der Waals surface area contributed by atoms with Gasteiger partial charge in [0.15, 0.2) is 0 Å². The molecular formula is C11H15NO2. The Morgan fingerprint density at radius 2 is 2.29 bits per heavy atom. The summed E-state index contributed by atoms with van der Waals surface area (Å²) in [7, 11) is 3.51. The summed E-state index contributed by atoms with van der Waals surface area (Å²) in [6.45, 7) is 0.855. The molecule has 0 fully saturated rings. The van der Waals surface area contributed by atoms with Crippen molar-refractivity contribution in [3.63, 3.8) is 0 Å². The SMILES string of the molecule is CNCCc1cc(OC)ccc1C=O. The van der Waals surface area contributed by atoms with E-state index in [0.717, 1.165) is 36.1 Å². The molecule has 0 spiro atoms. The minimum atomic E-state index is 0.737. The fourth-order valence-electron chi connectivity index (χ4n) is 1.30. The van der Waals surface area contributed by atoms with Crippen molar-refractivity contribution >= 4 is 6.29 Å². The summed E-state index contributed by atoms with van der Waals surface area (Å²) in [5.41, 5.74) is 1.76. The molecule has 1 rings (SSSR count). The zero-order valence-electron chi connectivity index (χ0n) is 8.54. The van der Waals surface area contributed by atoms with Gasteiger partial charge in [0.25, 0.3) is 0 Å². The van der Waals surface area contributed by atoms with Crippen LogP contribution in [0.1, 0.15) is 15.9 Å². The van der Waals surface area contributed by atoms with Gasteiger partial charge in [0.2, 0.25) is 0 Å². The summed E-state index contributed by atoms with van der Waals surface area (Å²) in [6.07, 6.45) is 1.71. The van der Waals surface area contributed by atoms with Gasteiger partial charge < -0.3 is 10.1 Å². The van der Waals surface area contributed by atoms with Gasteiger partial charge in [0.1, 0.15) is 12.0 Å². The number of benzene rings is 1. The van der Waals surface area contributed by atoms with Crippen molar-refractivity contribution in [3.8, 4) is 5.75 Å². The zero-order valence-corrected chi connectivity index (χ0v) is 8.54. The molecule has 0 saturated heterocycles. The zero-order chi connectivity index (χ0) is 10.4. The van der Waals surface area contributed by atoms with Gasteiger partial charge in [-0.2, -0.15) is 0 Å². The van der Waals surface area contributed by atoms with E-state index < -0.39 is 0 Å². The Labute approximate surface area is 84.1 Å². The van der Waals surface area contributed by atoms with E-state index in [4.69, 9.17) is 4.74 Å². The molecule has 0 atom stereocenters.